The van der Waals surface area contributed by atoms with E-state index in [1.807, 2.05) is 6.92 Å². The number of benzene rings is 2. The van der Waals surface area contributed by atoms with Crippen LogP contribution in [0.4, 0.5) is 0 Å². The maximum atomic E-state index is 12.7. The molecule has 0 bridgehead atoms. The Labute approximate surface area is 149 Å². The Kier molecular flexibility index (Phi) is 5.79. The third-order valence-electron chi connectivity index (χ3n) is 3.30. The number of aryl methyl sites for hydroxylation is 1. The van der Waals surface area contributed by atoms with Gasteiger partial charge in [-0.3, -0.25) is 4.79 Å². The maximum absolute atomic E-state index is 12.7. The van der Waals surface area contributed by atoms with E-state index >= 15 is 0 Å². The number of hydrogen-bond donors (Lipinski definition) is 1. The topological polar surface area (TPSA) is 46.5 Å². The van der Waals surface area contributed by atoms with E-state index in [9.17, 15) is 9.90 Å². The summed E-state index contributed by atoms with van der Waals surface area (Å²) in [5, 5.41) is 10.1. The SMILES string of the molecule is CCCOc1ccc(C(=O)c2cc(Cl)c(Cl)c(Cl)c2O)c(C)c1. The summed E-state index contributed by atoms with van der Waals surface area (Å²) in [6.45, 7) is 4.42. The second-order valence-corrected chi connectivity index (χ2v) is 6.20. The van der Waals surface area contributed by atoms with Crippen molar-refractivity contribution in [2.24, 2.45) is 0 Å². The Morgan fingerprint density at radius 3 is 2.43 bits per heavy atom. The van der Waals surface area contributed by atoms with Crippen molar-refractivity contribution in [3.05, 3.63) is 56.0 Å². The van der Waals surface area contributed by atoms with Gasteiger partial charge in [-0.05, 0) is 43.2 Å². The molecule has 0 saturated carbocycles. The van der Waals surface area contributed by atoms with Gasteiger partial charge in [0.1, 0.15) is 16.5 Å². The highest BCUT2D eigenvalue weighted by Gasteiger charge is 2.21. The van der Waals surface area contributed by atoms with Gasteiger partial charge in [0.05, 0.1) is 22.2 Å². The number of carbonyl (C=O) groups is 1. The highest BCUT2D eigenvalue weighted by molar-refractivity contribution is 6.49. The quantitative estimate of drug-likeness (QED) is 0.541. The van der Waals surface area contributed by atoms with Crippen molar-refractivity contribution in [1.29, 1.82) is 0 Å². The highest BCUT2D eigenvalue weighted by atomic mass is 35.5. The summed E-state index contributed by atoms with van der Waals surface area (Å²) >= 11 is 17.7. The lowest BCUT2D eigenvalue weighted by atomic mass is 9.98. The fourth-order valence-corrected chi connectivity index (χ4v) is 2.70. The van der Waals surface area contributed by atoms with Crippen molar-refractivity contribution in [3.8, 4) is 11.5 Å². The number of aromatic hydroxyl groups is 1. The molecule has 0 spiro atoms. The molecule has 0 fully saturated rings. The summed E-state index contributed by atoms with van der Waals surface area (Å²) in [5.74, 6) is -0.0726. The van der Waals surface area contributed by atoms with Crippen molar-refractivity contribution in [2.75, 3.05) is 6.61 Å². The van der Waals surface area contributed by atoms with Crippen LogP contribution in [0.1, 0.15) is 34.8 Å². The first-order chi connectivity index (χ1) is 10.9. The fourth-order valence-electron chi connectivity index (χ4n) is 2.10. The Balaban J connectivity index is 2.42. The number of ether oxygens (including phenoxy) is 1. The minimum absolute atomic E-state index is 0.00901. The monoisotopic (exact) mass is 372 g/mol. The molecule has 0 heterocycles. The van der Waals surface area contributed by atoms with Gasteiger partial charge < -0.3 is 9.84 Å². The van der Waals surface area contributed by atoms with Gasteiger partial charge in [0.25, 0.3) is 0 Å². The van der Waals surface area contributed by atoms with Gasteiger partial charge >= 0.3 is 0 Å². The van der Waals surface area contributed by atoms with Crippen LogP contribution < -0.4 is 4.74 Å². The largest absolute Gasteiger partial charge is 0.506 e. The van der Waals surface area contributed by atoms with Crippen molar-refractivity contribution >= 4 is 40.6 Å². The minimum Gasteiger partial charge on any atom is -0.506 e. The maximum Gasteiger partial charge on any atom is 0.197 e. The van der Waals surface area contributed by atoms with Gasteiger partial charge in [-0.1, -0.05) is 41.7 Å². The summed E-state index contributed by atoms with van der Waals surface area (Å²) in [6.07, 6.45) is 0.898. The average Bonchev–Trinajstić information content (AvgIpc) is 2.53. The van der Waals surface area contributed by atoms with Crippen LogP contribution in [0, 0.1) is 6.92 Å². The number of carbonyl (C=O) groups excluding carboxylic acids is 1. The molecule has 0 unspecified atom stereocenters. The molecule has 0 aliphatic carbocycles. The summed E-state index contributed by atoms with van der Waals surface area (Å²) in [5.41, 5.74) is 1.17. The predicted octanol–water partition coefficient (Wildman–Crippen LogP) is 5.68. The Bertz CT molecular complexity index is 757. The summed E-state index contributed by atoms with van der Waals surface area (Å²) in [6, 6.07) is 6.46. The van der Waals surface area contributed by atoms with E-state index in [1.54, 1.807) is 25.1 Å². The van der Waals surface area contributed by atoms with Crippen molar-refractivity contribution < 1.29 is 14.6 Å². The van der Waals surface area contributed by atoms with Gasteiger partial charge in [0, 0.05) is 5.56 Å². The Morgan fingerprint density at radius 1 is 1.13 bits per heavy atom. The molecule has 0 aliphatic heterocycles. The summed E-state index contributed by atoms with van der Waals surface area (Å²) in [4.78, 5) is 12.7. The van der Waals surface area contributed by atoms with Crippen LogP contribution in [0.3, 0.4) is 0 Å². The van der Waals surface area contributed by atoms with E-state index in [0.29, 0.717) is 17.9 Å². The van der Waals surface area contributed by atoms with Crippen LogP contribution in [0.15, 0.2) is 24.3 Å². The molecule has 0 amide bonds. The van der Waals surface area contributed by atoms with E-state index < -0.39 is 0 Å². The Hall–Kier alpha value is -1.42. The molecule has 122 valence electrons. The van der Waals surface area contributed by atoms with Crippen LogP contribution >= 0.6 is 34.8 Å². The molecule has 0 aromatic heterocycles. The number of halogens is 3. The van der Waals surface area contributed by atoms with E-state index in [1.165, 1.54) is 6.07 Å². The van der Waals surface area contributed by atoms with E-state index in [0.717, 1.165) is 12.0 Å². The standard InChI is InChI=1S/C17H15Cl3O3/c1-3-6-23-10-4-5-11(9(2)7-10)16(21)12-8-13(18)14(19)15(20)17(12)22/h4-5,7-8,22H,3,6H2,1-2H3. The lowest BCUT2D eigenvalue weighted by Crippen LogP contribution is -2.05. The summed E-state index contributed by atoms with van der Waals surface area (Å²) < 4.78 is 5.53. The van der Waals surface area contributed by atoms with Gasteiger partial charge in [-0.2, -0.15) is 0 Å². The second-order valence-electron chi connectivity index (χ2n) is 5.04. The van der Waals surface area contributed by atoms with Crippen LogP contribution in [0.2, 0.25) is 15.1 Å². The molecule has 1 N–H and O–H groups in total. The van der Waals surface area contributed by atoms with E-state index in [4.69, 9.17) is 39.5 Å². The minimum atomic E-state index is -0.387. The lowest BCUT2D eigenvalue weighted by Gasteiger charge is -2.12. The van der Waals surface area contributed by atoms with E-state index in [2.05, 4.69) is 0 Å². The first-order valence-corrected chi connectivity index (χ1v) is 8.14. The first-order valence-electron chi connectivity index (χ1n) is 7.01. The molecule has 0 radical (unpaired) electrons. The highest BCUT2D eigenvalue weighted by Crippen LogP contribution is 2.40. The molecular formula is C17H15Cl3O3. The van der Waals surface area contributed by atoms with Gasteiger partial charge in [-0.15, -0.1) is 0 Å². The molecule has 2 aromatic carbocycles. The predicted molar refractivity (Wildman–Crippen MR) is 93.5 cm³/mol. The lowest BCUT2D eigenvalue weighted by molar-refractivity contribution is 0.103. The van der Waals surface area contributed by atoms with Crippen molar-refractivity contribution in [1.82, 2.24) is 0 Å². The number of rotatable bonds is 5. The molecule has 6 heteroatoms. The molecule has 0 saturated heterocycles. The van der Waals surface area contributed by atoms with Crippen LogP contribution in [-0.4, -0.2) is 17.5 Å². The zero-order chi connectivity index (χ0) is 17.1. The second kappa shape index (κ2) is 7.43. The smallest absolute Gasteiger partial charge is 0.197 e. The van der Waals surface area contributed by atoms with Gasteiger partial charge in [0.2, 0.25) is 0 Å². The molecule has 3 nitrogen and oxygen atoms in total. The number of ketones is 1. The zero-order valence-electron chi connectivity index (χ0n) is 12.6. The molecular weight excluding hydrogens is 359 g/mol. The third kappa shape index (κ3) is 3.74. The van der Waals surface area contributed by atoms with Crippen LogP contribution in [-0.2, 0) is 0 Å². The van der Waals surface area contributed by atoms with Crippen LogP contribution in [0.5, 0.6) is 11.5 Å². The van der Waals surface area contributed by atoms with Gasteiger partial charge in [-0.25, -0.2) is 0 Å². The van der Waals surface area contributed by atoms with Crippen molar-refractivity contribution in [3.63, 3.8) is 0 Å². The normalized spacial score (nSPS) is 10.7. The fraction of sp³-hybridized carbons (Fsp3) is 0.235. The van der Waals surface area contributed by atoms with Gasteiger partial charge in [0.15, 0.2) is 5.78 Å². The number of phenols is 1. The molecule has 0 aliphatic rings. The number of hydrogen-bond acceptors (Lipinski definition) is 3. The average molecular weight is 374 g/mol. The van der Waals surface area contributed by atoms with Crippen molar-refractivity contribution in [2.45, 2.75) is 20.3 Å². The van der Waals surface area contributed by atoms with Crippen LogP contribution in [0.25, 0.3) is 0 Å². The molecule has 2 rings (SSSR count). The van der Waals surface area contributed by atoms with E-state index in [-0.39, 0.29) is 32.2 Å². The Morgan fingerprint density at radius 2 is 1.83 bits per heavy atom. The zero-order valence-corrected chi connectivity index (χ0v) is 14.9. The number of phenolic OH excluding ortho intramolecular Hbond substituents is 1. The molecule has 0 atom stereocenters. The third-order valence-corrected chi connectivity index (χ3v) is 4.55. The molecule has 2 aromatic rings. The summed E-state index contributed by atoms with van der Waals surface area (Å²) in [7, 11) is 0. The first kappa shape index (κ1) is 17.9. The molecule has 23 heavy (non-hydrogen) atoms.